The highest BCUT2D eigenvalue weighted by atomic mass is 127. The van der Waals surface area contributed by atoms with Crippen molar-refractivity contribution in [1.29, 1.82) is 0 Å². The number of benzene rings is 1. The van der Waals surface area contributed by atoms with E-state index in [-0.39, 0.29) is 24.0 Å². The van der Waals surface area contributed by atoms with Crippen molar-refractivity contribution >= 4 is 29.9 Å². The average Bonchev–Trinajstić information content (AvgIpc) is 2.95. The Balaban J connectivity index is 0.00000420. The van der Waals surface area contributed by atoms with Crippen LogP contribution in [0.4, 0.5) is 0 Å². The molecule has 1 atom stereocenters. The molecule has 0 aliphatic heterocycles. The number of guanidine groups is 1. The second-order valence-electron chi connectivity index (χ2n) is 7.26. The fraction of sp³-hybridized carbons (Fsp3) is 0.545. The lowest BCUT2D eigenvalue weighted by molar-refractivity contribution is 0.182. The highest BCUT2D eigenvalue weighted by Gasteiger charge is 2.12. The lowest BCUT2D eigenvalue weighted by Crippen LogP contribution is -2.39. The predicted octanol–water partition coefficient (Wildman–Crippen LogP) is 3.93. The Hall–Kier alpha value is -1.61. The van der Waals surface area contributed by atoms with Crippen molar-refractivity contribution in [3.63, 3.8) is 0 Å². The van der Waals surface area contributed by atoms with Gasteiger partial charge < -0.3 is 15.4 Å². The fourth-order valence-electron chi connectivity index (χ4n) is 3.20. The van der Waals surface area contributed by atoms with Gasteiger partial charge in [0, 0.05) is 31.5 Å². The molecule has 0 spiro atoms. The van der Waals surface area contributed by atoms with Crippen LogP contribution in [0, 0.1) is 20.8 Å². The zero-order valence-electron chi connectivity index (χ0n) is 18.6. The average molecular weight is 513 g/mol. The number of ether oxygens (including phenoxy) is 1. The molecular weight excluding hydrogens is 477 g/mol. The highest BCUT2D eigenvalue weighted by molar-refractivity contribution is 14.0. The van der Waals surface area contributed by atoms with Crippen molar-refractivity contribution in [3.05, 3.63) is 52.3 Å². The summed E-state index contributed by atoms with van der Waals surface area (Å²) in [5.41, 5.74) is 6.00. The van der Waals surface area contributed by atoms with E-state index < -0.39 is 0 Å². The molecule has 2 N–H and O–H groups in total. The van der Waals surface area contributed by atoms with E-state index in [2.05, 4.69) is 67.7 Å². The van der Waals surface area contributed by atoms with E-state index in [4.69, 9.17) is 9.73 Å². The van der Waals surface area contributed by atoms with Crippen LogP contribution >= 0.6 is 24.0 Å². The van der Waals surface area contributed by atoms with Crippen LogP contribution in [0.2, 0.25) is 0 Å². The van der Waals surface area contributed by atoms with Gasteiger partial charge in [-0.3, -0.25) is 4.68 Å². The van der Waals surface area contributed by atoms with E-state index in [1.807, 2.05) is 11.6 Å². The maximum absolute atomic E-state index is 5.17. The quantitative estimate of drug-likeness (QED) is 0.303. The van der Waals surface area contributed by atoms with E-state index in [1.54, 1.807) is 7.11 Å². The van der Waals surface area contributed by atoms with E-state index in [0.717, 1.165) is 37.0 Å². The molecule has 0 bridgehead atoms. The lowest BCUT2D eigenvalue weighted by Gasteiger charge is -2.16. The smallest absolute Gasteiger partial charge is 0.191 e. The van der Waals surface area contributed by atoms with Gasteiger partial charge in [0.2, 0.25) is 0 Å². The maximum Gasteiger partial charge on any atom is 0.191 e. The summed E-state index contributed by atoms with van der Waals surface area (Å²) in [5.74, 6) is 1.24. The number of halogens is 1. The van der Waals surface area contributed by atoms with Crippen LogP contribution in [0.25, 0.3) is 0 Å². The molecule has 2 aromatic rings. The summed E-state index contributed by atoms with van der Waals surface area (Å²) in [5, 5.41) is 11.4. The van der Waals surface area contributed by atoms with Gasteiger partial charge in [-0.25, -0.2) is 4.99 Å². The minimum Gasteiger partial charge on any atom is -0.383 e. The molecule has 0 fully saturated rings. The van der Waals surface area contributed by atoms with Crippen LogP contribution in [-0.2, 0) is 17.8 Å². The number of aliphatic imine (C=N–C) groups is 1. The van der Waals surface area contributed by atoms with Crippen LogP contribution in [0.5, 0.6) is 0 Å². The number of nitrogens with zero attached hydrogens (tertiary/aromatic N) is 3. The molecule has 1 unspecified atom stereocenters. The third kappa shape index (κ3) is 7.62. The molecule has 0 saturated carbocycles. The molecular formula is C22H36IN5O. The summed E-state index contributed by atoms with van der Waals surface area (Å²) in [4.78, 5) is 4.79. The first-order valence-electron chi connectivity index (χ1n) is 10.1. The molecule has 0 aliphatic rings. The normalized spacial score (nSPS) is 12.4. The number of rotatable bonds is 9. The van der Waals surface area contributed by atoms with Gasteiger partial charge in [0.05, 0.1) is 25.4 Å². The molecule has 1 aromatic heterocycles. The molecule has 1 heterocycles. The Labute approximate surface area is 192 Å². The molecule has 29 heavy (non-hydrogen) atoms. The largest absolute Gasteiger partial charge is 0.383 e. The Morgan fingerprint density at radius 2 is 2.00 bits per heavy atom. The standard InChI is InChI=1S/C22H35N5O.HI/c1-7-23-22(24-14-17(3)20-10-8-9-16(2)13-20)25-15-21-18(4)26-27(19(21)5)11-12-28-6;/h8-10,13,17H,7,11-12,14-15H2,1-6H3,(H2,23,24,25);1H. The molecule has 0 amide bonds. The van der Waals surface area contributed by atoms with Gasteiger partial charge in [-0.2, -0.15) is 5.10 Å². The minimum absolute atomic E-state index is 0. The summed E-state index contributed by atoms with van der Waals surface area (Å²) in [7, 11) is 1.71. The molecule has 0 aliphatic carbocycles. The Morgan fingerprint density at radius 3 is 2.66 bits per heavy atom. The van der Waals surface area contributed by atoms with Gasteiger partial charge >= 0.3 is 0 Å². The third-order valence-electron chi connectivity index (χ3n) is 4.96. The molecule has 162 valence electrons. The topological polar surface area (TPSA) is 63.5 Å². The van der Waals surface area contributed by atoms with Gasteiger partial charge in [0.25, 0.3) is 0 Å². The summed E-state index contributed by atoms with van der Waals surface area (Å²) >= 11 is 0. The Morgan fingerprint density at radius 1 is 1.24 bits per heavy atom. The highest BCUT2D eigenvalue weighted by Crippen LogP contribution is 2.16. The van der Waals surface area contributed by atoms with E-state index in [0.29, 0.717) is 19.1 Å². The Bertz CT molecular complexity index is 788. The summed E-state index contributed by atoms with van der Waals surface area (Å²) < 4.78 is 7.17. The van der Waals surface area contributed by atoms with Crippen molar-refractivity contribution in [1.82, 2.24) is 20.4 Å². The monoisotopic (exact) mass is 513 g/mol. The number of methoxy groups -OCH3 is 1. The van der Waals surface area contributed by atoms with Crippen molar-refractivity contribution in [3.8, 4) is 0 Å². The van der Waals surface area contributed by atoms with Gasteiger partial charge in [-0.15, -0.1) is 24.0 Å². The second kappa shape index (κ2) is 12.8. The summed E-state index contributed by atoms with van der Waals surface area (Å²) in [6, 6.07) is 8.68. The predicted molar refractivity (Wildman–Crippen MR) is 131 cm³/mol. The van der Waals surface area contributed by atoms with Crippen molar-refractivity contribution < 1.29 is 4.74 Å². The van der Waals surface area contributed by atoms with Crippen molar-refractivity contribution in [2.75, 3.05) is 26.8 Å². The number of aryl methyl sites for hydroxylation is 2. The van der Waals surface area contributed by atoms with Gasteiger partial charge in [0.15, 0.2) is 5.96 Å². The third-order valence-corrected chi connectivity index (χ3v) is 4.96. The van der Waals surface area contributed by atoms with E-state index >= 15 is 0 Å². The SMILES string of the molecule is CCNC(=NCc1c(C)nn(CCOC)c1C)NCC(C)c1cccc(C)c1.I. The number of aromatic nitrogens is 2. The molecule has 0 saturated heterocycles. The van der Waals surface area contributed by atoms with Crippen molar-refractivity contribution in [2.24, 2.45) is 4.99 Å². The van der Waals surface area contributed by atoms with Crippen LogP contribution < -0.4 is 10.6 Å². The van der Waals surface area contributed by atoms with Crippen molar-refractivity contribution in [2.45, 2.75) is 53.6 Å². The van der Waals surface area contributed by atoms with Gasteiger partial charge in [-0.05, 0) is 39.2 Å². The first-order chi connectivity index (χ1) is 13.5. The van der Waals surface area contributed by atoms with Crippen LogP contribution in [-0.4, -0.2) is 42.5 Å². The van der Waals surface area contributed by atoms with Crippen LogP contribution in [0.1, 0.15) is 47.8 Å². The number of nitrogens with one attached hydrogen (secondary N) is 2. The van der Waals surface area contributed by atoms with E-state index in [1.165, 1.54) is 16.7 Å². The Kier molecular flexibility index (Phi) is 11.3. The van der Waals surface area contributed by atoms with Crippen LogP contribution in [0.3, 0.4) is 0 Å². The first kappa shape index (κ1) is 25.4. The molecule has 6 nitrogen and oxygen atoms in total. The zero-order chi connectivity index (χ0) is 20.5. The van der Waals surface area contributed by atoms with E-state index in [9.17, 15) is 0 Å². The van der Waals surface area contributed by atoms with Gasteiger partial charge in [0.1, 0.15) is 0 Å². The number of hydrogen-bond acceptors (Lipinski definition) is 3. The summed E-state index contributed by atoms with van der Waals surface area (Å²) in [6.45, 7) is 14.3. The summed E-state index contributed by atoms with van der Waals surface area (Å²) in [6.07, 6.45) is 0. The molecule has 7 heteroatoms. The number of hydrogen-bond donors (Lipinski definition) is 2. The molecule has 2 rings (SSSR count). The molecule has 1 aromatic carbocycles. The van der Waals surface area contributed by atoms with Gasteiger partial charge in [-0.1, -0.05) is 36.8 Å². The molecule has 0 radical (unpaired) electrons. The zero-order valence-corrected chi connectivity index (χ0v) is 20.9. The fourth-order valence-corrected chi connectivity index (χ4v) is 3.20. The minimum atomic E-state index is 0. The lowest BCUT2D eigenvalue weighted by atomic mass is 9.99. The second-order valence-corrected chi connectivity index (χ2v) is 7.26. The first-order valence-corrected chi connectivity index (χ1v) is 10.1. The maximum atomic E-state index is 5.17. The van der Waals surface area contributed by atoms with Crippen LogP contribution in [0.15, 0.2) is 29.3 Å².